The second-order valence-corrected chi connectivity index (χ2v) is 8.13. The van der Waals surface area contributed by atoms with E-state index < -0.39 is 21.0 Å². The number of amides is 1. The van der Waals surface area contributed by atoms with Gasteiger partial charge in [0.15, 0.2) is 0 Å². The maximum Gasteiger partial charge on any atom is 0.299 e. The molecule has 3 rings (SSSR count). The van der Waals surface area contributed by atoms with Gasteiger partial charge in [0.1, 0.15) is 18.4 Å². The van der Waals surface area contributed by atoms with Crippen LogP contribution in [0.15, 0.2) is 0 Å². The van der Waals surface area contributed by atoms with E-state index in [0.29, 0.717) is 0 Å². The van der Waals surface area contributed by atoms with Crippen molar-refractivity contribution in [2.24, 2.45) is 0 Å². The Kier molecular flexibility index (Phi) is 3.47. The van der Waals surface area contributed by atoms with E-state index in [1.165, 1.54) is 0 Å². The summed E-state index contributed by atoms with van der Waals surface area (Å²) in [6.45, 7) is -0.143. The molecule has 1 aliphatic carbocycles. The molecule has 1 saturated carbocycles. The summed E-state index contributed by atoms with van der Waals surface area (Å²) in [5.41, 5.74) is -1.09. The van der Waals surface area contributed by atoms with E-state index in [1.807, 2.05) is 0 Å². The number of ether oxygens (including phenoxy) is 1. The molecule has 0 bridgehead atoms. The van der Waals surface area contributed by atoms with Crippen molar-refractivity contribution in [3.63, 3.8) is 0 Å². The fourth-order valence-electron chi connectivity index (χ4n) is 2.88. The Labute approximate surface area is 121 Å². The quantitative estimate of drug-likeness (QED) is 0.683. The SMILES string of the molecule is O=C1COC2(CCN(S(=O)(=O)Cl)CC2F)CN1C1CC1. The number of halogens is 2. The number of carbonyl (C=O) groups is 1. The lowest BCUT2D eigenvalue weighted by atomic mass is 9.88. The van der Waals surface area contributed by atoms with Gasteiger partial charge in [-0.1, -0.05) is 0 Å². The van der Waals surface area contributed by atoms with E-state index in [9.17, 15) is 17.6 Å². The number of carbonyl (C=O) groups excluding carboxylic acids is 1. The summed E-state index contributed by atoms with van der Waals surface area (Å²) in [6.07, 6.45) is 0.609. The van der Waals surface area contributed by atoms with Crippen LogP contribution in [-0.2, 0) is 18.8 Å². The molecule has 0 aromatic rings. The van der Waals surface area contributed by atoms with Crippen LogP contribution >= 0.6 is 10.7 Å². The molecule has 1 amide bonds. The molecule has 3 aliphatic rings. The van der Waals surface area contributed by atoms with Crippen LogP contribution in [0.25, 0.3) is 0 Å². The van der Waals surface area contributed by atoms with Crippen molar-refractivity contribution in [3.05, 3.63) is 0 Å². The second-order valence-electron chi connectivity index (χ2n) is 5.62. The monoisotopic (exact) mass is 326 g/mol. The molecule has 20 heavy (non-hydrogen) atoms. The average Bonchev–Trinajstić information content (AvgIpc) is 3.18. The van der Waals surface area contributed by atoms with E-state index in [1.54, 1.807) is 4.90 Å². The fourth-order valence-corrected chi connectivity index (χ4v) is 3.87. The predicted octanol–water partition coefficient (Wildman–Crippen LogP) is 0.274. The van der Waals surface area contributed by atoms with Crippen molar-refractivity contribution in [2.45, 2.75) is 37.1 Å². The third-order valence-corrected chi connectivity index (χ3v) is 5.79. The maximum atomic E-state index is 14.5. The van der Waals surface area contributed by atoms with Crippen LogP contribution in [0, 0.1) is 0 Å². The van der Waals surface area contributed by atoms with Gasteiger partial charge in [-0.15, -0.1) is 0 Å². The van der Waals surface area contributed by atoms with E-state index in [0.717, 1.165) is 17.1 Å². The van der Waals surface area contributed by atoms with Crippen LogP contribution in [0.5, 0.6) is 0 Å². The standard InChI is InChI=1S/C11H16ClFN2O4S/c12-20(17,18)14-4-3-11(9(13)5-14)7-15(8-1-2-8)10(16)6-19-11/h8-9H,1-7H2. The molecular weight excluding hydrogens is 311 g/mol. The first-order valence-corrected chi connectivity index (χ1v) is 8.86. The zero-order chi connectivity index (χ0) is 14.5. The Morgan fingerprint density at radius 3 is 2.65 bits per heavy atom. The third-order valence-electron chi connectivity index (χ3n) is 4.26. The van der Waals surface area contributed by atoms with Gasteiger partial charge < -0.3 is 9.64 Å². The van der Waals surface area contributed by atoms with Crippen LogP contribution in [0.2, 0.25) is 0 Å². The Morgan fingerprint density at radius 2 is 2.10 bits per heavy atom. The van der Waals surface area contributed by atoms with E-state index in [-0.39, 0.29) is 44.6 Å². The van der Waals surface area contributed by atoms with Crippen LogP contribution in [0.4, 0.5) is 4.39 Å². The number of rotatable bonds is 2. The van der Waals surface area contributed by atoms with Gasteiger partial charge in [-0.2, -0.15) is 12.7 Å². The van der Waals surface area contributed by atoms with Crippen molar-refractivity contribution < 1.29 is 22.3 Å². The van der Waals surface area contributed by atoms with Crippen LogP contribution in [0.3, 0.4) is 0 Å². The lowest BCUT2D eigenvalue weighted by Gasteiger charge is -2.48. The fraction of sp³-hybridized carbons (Fsp3) is 0.909. The number of hydrogen-bond acceptors (Lipinski definition) is 4. The zero-order valence-corrected chi connectivity index (χ0v) is 12.4. The summed E-state index contributed by atoms with van der Waals surface area (Å²) in [7, 11) is 1.33. The van der Waals surface area contributed by atoms with E-state index in [4.69, 9.17) is 15.4 Å². The normalized spacial score (nSPS) is 36.6. The van der Waals surface area contributed by atoms with Crippen molar-refractivity contribution >= 4 is 25.8 Å². The first-order valence-electron chi connectivity index (χ1n) is 6.59. The smallest absolute Gasteiger partial charge is 0.299 e. The number of alkyl halides is 1. The summed E-state index contributed by atoms with van der Waals surface area (Å²) in [4.78, 5) is 13.5. The minimum atomic E-state index is -3.91. The molecule has 0 aromatic heterocycles. The molecule has 0 aromatic carbocycles. The molecule has 114 valence electrons. The highest BCUT2D eigenvalue weighted by atomic mass is 35.7. The summed E-state index contributed by atoms with van der Waals surface area (Å²) in [6, 6.07) is 0.199. The molecule has 1 spiro atoms. The highest BCUT2D eigenvalue weighted by Gasteiger charge is 2.53. The number of piperidine rings is 1. The molecule has 0 radical (unpaired) electrons. The minimum absolute atomic E-state index is 0.110. The number of nitrogens with zero attached hydrogens (tertiary/aromatic N) is 2. The van der Waals surface area contributed by atoms with Gasteiger partial charge in [-0.05, 0) is 19.3 Å². The number of hydrogen-bond donors (Lipinski definition) is 0. The van der Waals surface area contributed by atoms with Crippen molar-refractivity contribution in [3.8, 4) is 0 Å². The van der Waals surface area contributed by atoms with E-state index in [2.05, 4.69) is 0 Å². The van der Waals surface area contributed by atoms with Crippen molar-refractivity contribution in [2.75, 3.05) is 26.2 Å². The highest BCUT2D eigenvalue weighted by molar-refractivity contribution is 8.11. The Hall–Kier alpha value is -0.440. The van der Waals surface area contributed by atoms with Crippen LogP contribution in [-0.4, -0.2) is 67.6 Å². The van der Waals surface area contributed by atoms with Crippen LogP contribution < -0.4 is 0 Å². The largest absolute Gasteiger partial charge is 0.360 e. The van der Waals surface area contributed by atoms with Gasteiger partial charge in [-0.25, -0.2) is 4.39 Å². The molecular formula is C11H16ClFN2O4S. The van der Waals surface area contributed by atoms with Crippen LogP contribution in [0.1, 0.15) is 19.3 Å². The Balaban J connectivity index is 1.75. The number of morpholine rings is 1. The van der Waals surface area contributed by atoms with Crippen molar-refractivity contribution in [1.29, 1.82) is 0 Å². The molecule has 0 N–H and O–H groups in total. The van der Waals surface area contributed by atoms with Crippen molar-refractivity contribution in [1.82, 2.24) is 9.21 Å². The third kappa shape index (κ3) is 2.54. The Morgan fingerprint density at radius 1 is 1.40 bits per heavy atom. The summed E-state index contributed by atoms with van der Waals surface area (Å²) in [5.74, 6) is -0.113. The zero-order valence-electron chi connectivity index (χ0n) is 10.8. The summed E-state index contributed by atoms with van der Waals surface area (Å²) in [5, 5.41) is 0. The Bertz CT molecular complexity index is 527. The molecule has 2 unspecified atom stereocenters. The lowest BCUT2D eigenvalue weighted by molar-refractivity contribution is -0.185. The molecule has 2 atom stereocenters. The van der Waals surface area contributed by atoms with Gasteiger partial charge in [0.2, 0.25) is 5.91 Å². The molecule has 2 aliphatic heterocycles. The maximum absolute atomic E-state index is 14.5. The molecule has 2 heterocycles. The molecule has 3 fully saturated rings. The van der Waals surface area contributed by atoms with Gasteiger partial charge in [0, 0.05) is 29.8 Å². The second kappa shape index (κ2) is 4.79. The molecule has 6 nitrogen and oxygen atoms in total. The average molecular weight is 327 g/mol. The molecule has 2 saturated heterocycles. The van der Waals surface area contributed by atoms with Gasteiger partial charge in [0.25, 0.3) is 9.24 Å². The van der Waals surface area contributed by atoms with Gasteiger partial charge >= 0.3 is 0 Å². The topological polar surface area (TPSA) is 66.9 Å². The van der Waals surface area contributed by atoms with Gasteiger partial charge in [-0.3, -0.25) is 4.79 Å². The highest BCUT2D eigenvalue weighted by Crippen LogP contribution is 2.38. The first-order chi connectivity index (χ1) is 9.32. The lowest BCUT2D eigenvalue weighted by Crippen LogP contribution is -2.65. The molecule has 9 heteroatoms. The minimum Gasteiger partial charge on any atom is -0.360 e. The van der Waals surface area contributed by atoms with E-state index >= 15 is 0 Å². The summed E-state index contributed by atoms with van der Waals surface area (Å²) < 4.78 is 43.4. The predicted molar refractivity (Wildman–Crippen MR) is 69.3 cm³/mol. The first kappa shape index (κ1) is 14.5. The summed E-state index contributed by atoms with van der Waals surface area (Å²) >= 11 is 0. The van der Waals surface area contributed by atoms with Gasteiger partial charge in [0.05, 0.1) is 6.54 Å².